The molecule has 0 amide bonds. The van der Waals surface area contributed by atoms with Crippen molar-refractivity contribution in [2.75, 3.05) is 32.1 Å². The lowest BCUT2D eigenvalue weighted by Gasteiger charge is -2.30. The van der Waals surface area contributed by atoms with Gasteiger partial charge in [0, 0.05) is 5.69 Å². The van der Waals surface area contributed by atoms with Crippen LogP contribution in [0.4, 0.5) is 21.6 Å². The monoisotopic (exact) mass is 471 g/mol. The first-order chi connectivity index (χ1) is 15.9. The SMILES string of the molecule is CN1CCC2(CC1)CC2COc1ccc2ncnc(Nc3ccc(F)c(Cl)c3)c2c1[N+](=O)[O-]. The van der Waals surface area contributed by atoms with E-state index in [9.17, 15) is 14.5 Å². The van der Waals surface area contributed by atoms with Crippen LogP contribution in [-0.2, 0) is 0 Å². The van der Waals surface area contributed by atoms with E-state index in [4.69, 9.17) is 16.3 Å². The molecule has 1 saturated heterocycles. The van der Waals surface area contributed by atoms with E-state index in [0.29, 0.717) is 29.1 Å². The van der Waals surface area contributed by atoms with E-state index in [0.717, 1.165) is 32.4 Å². The molecule has 8 nitrogen and oxygen atoms in total. The molecule has 1 N–H and O–H groups in total. The van der Waals surface area contributed by atoms with Crippen LogP contribution in [0.25, 0.3) is 10.9 Å². The van der Waals surface area contributed by atoms with Crippen molar-refractivity contribution < 1.29 is 14.1 Å². The van der Waals surface area contributed by atoms with Gasteiger partial charge in [0.15, 0.2) is 5.75 Å². The van der Waals surface area contributed by atoms with Gasteiger partial charge in [-0.1, -0.05) is 11.6 Å². The molecule has 1 aromatic heterocycles. The number of hydrogen-bond acceptors (Lipinski definition) is 7. The molecular weight excluding hydrogens is 449 g/mol. The summed E-state index contributed by atoms with van der Waals surface area (Å²) in [6, 6.07) is 7.36. The van der Waals surface area contributed by atoms with E-state index in [2.05, 4.69) is 27.2 Å². The Kier molecular flexibility index (Phi) is 5.54. The van der Waals surface area contributed by atoms with Crippen LogP contribution in [0, 0.1) is 27.3 Å². The summed E-state index contributed by atoms with van der Waals surface area (Å²) in [5, 5.41) is 15.3. The fourth-order valence-electron chi connectivity index (χ4n) is 4.75. The highest BCUT2D eigenvalue weighted by Crippen LogP contribution is 2.59. The average Bonchev–Trinajstić information content (AvgIpc) is 3.48. The quantitative estimate of drug-likeness (QED) is 0.390. The number of nitro groups is 1. The Morgan fingerprint density at radius 2 is 2.09 bits per heavy atom. The van der Waals surface area contributed by atoms with Crippen molar-refractivity contribution in [3.8, 4) is 5.75 Å². The van der Waals surface area contributed by atoms with Crippen LogP contribution in [0.5, 0.6) is 5.75 Å². The molecular formula is C23H23ClFN5O3. The summed E-state index contributed by atoms with van der Waals surface area (Å²) in [6.45, 7) is 2.60. The highest BCUT2D eigenvalue weighted by atomic mass is 35.5. The number of nitrogens with one attached hydrogen (secondary N) is 1. The van der Waals surface area contributed by atoms with Crippen LogP contribution in [0.3, 0.4) is 0 Å². The first-order valence-electron chi connectivity index (χ1n) is 10.8. The second kappa shape index (κ2) is 8.39. The van der Waals surface area contributed by atoms with Crippen molar-refractivity contribution in [2.45, 2.75) is 19.3 Å². The maximum absolute atomic E-state index is 13.5. The molecule has 2 aliphatic rings. The fraction of sp³-hybridized carbons (Fsp3) is 0.391. The lowest BCUT2D eigenvalue weighted by atomic mass is 9.91. The van der Waals surface area contributed by atoms with Gasteiger partial charge in [0.25, 0.3) is 0 Å². The number of ether oxygens (including phenoxy) is 1. The molecule has 33 heavy (non-hydrogen) atoms. The van der Waals surface area contributed by atoms with Crippen molar-refractivity contribution in [3.05, 3.63) is 57.6 Å². The number of nitro benzene ring substituents is 1. The summed E-state index contributed by atoms with van der Waals surface area (Å²) < 4.78 is 19.5. The standard InChI is InChI=1S/C23H23ClFN5O3/c1-29-8-6-23(7-9-29)11-14(23)12-33-19-5-4-18-20(21(19)30(31)32)22(27-13-26-18)28-15-2-3-17(25)16(24)10-15/h2-5,10,13-14H,6-9,11-12H2,1H3,(H,26,27,28). The van der Waals surface area contributed by atoms with E-state index >= 15 is 0 Å². The molecule has 1 spiro atoms. The van der Waals surface area contributed by atoms with Crippen molar-refractivity contribution in [2.24, 2.45) is 11.3 Å². The smallest absolute Gasteiger partial charge is 0.323 e. The molecule has 0 bridgehead atoms. The summed E-state index contributed by atoms with van der Waals surface area (Å²) >= 11 is 5.87. The summed E-state index contributed by atoms with van der Waals surface area (Å²) in [6.07, 6.45) is 4.69. The Labute approximate surface area is 194 Å². The molecule has 2 aromatic carbocycles. The number of piperidine rings is 1. The third kappa shape index (κ3) is 4.18. The number of nitrogens with zero attached hydrogens (tertiary/aromatic N) is 4. The number of anilines is 2. The molecule has 172 valence electrons. The maximum Gasteiger partial charge on any atom is 0.323 e. The van der Waals surface area contributed by atoms with Gasteiger partial charge < -0.3 is 15.0 Å². The van der Waals surface area contributed by atoms with Gasteiger partial charge in [0.05, 0.1) is 22.1 Å². The molecule has 1 aliphatic heterocycles. The van der Waals surface area contributed by atoms with Gasteiger partial charge in [-0.15, -0.1) is 0 Å². The third-order valence-electron chi connectivity index (χ3n) is 6.89. The predicted octanol–water partition coefficient (Wildman–Crippen LogP) is 5.18. The Bertz CT molecular complexity index is 1230. The molecule has 1 atom stereocenters. The minimum absolute atomic E-state index is 0.0656. The highest BCUT2D eigenvalue weighted by Gasteiger charge is 2.54. The third-order valence-corrected chi connectivity index (χ3v) is 7.18. The summed E-state index contributed by atoms with van der Waals surface area (Å²) in [4.78, 5) is 22.3. The predicted molar refractivity (Wildman–Crippen MR) is 124 cm³/mol. The molecule has 1 unspecified atom stereocenters. The molecule has 10 heteroatoms. The fourth-order valence-corrected chi connectivity index (χ4v) is 4.93. The molecule has 1 saturated carbocycles. The van der Waals surface area contributed by atoms with Crippen molar-refractivity contribution in [1.29, 1.82) is 0 Å². The van der Waals surface area contributed by atoms with Gasteiger partial charge in [0.1, 0.15) is 23.3 Å². The van der Waals surface area contributed by atoms with Crippen LogP contribution >= 0.6 is 11.6 Å². The number of halogens is 2. The van der Waals surface area contributed by atoms with Gasteiger partial charge in [-0.25, -0.2) is 14.4 Å². The Hall–Kier alpha value is -3.04. The molecule has 1 aliphatic carbocycles. The molecule has 3 aromatic rings. The van der Waals surface area contributed by atoms with Crippen molar-refractivity contribution in [1.82, 2.24) is 14.9 Å². The molecule has 0 radical (unpaired) electrons. The summed E-state index contributed by atoms with van der Waals surface area (Å²) in [5.74, 6) is 0.266. The van der Waals surface area contributed by atoms with E-state index in [1.54, 1.807) is 12.1 Å². The second-order valence-corrected chi connectivity index (χ2v) is 9.32. The number of hydrogen-bond donors (Lipinski definition) is 1. The zero-order valence-corrected chi connectivity index (χ0v) is 18.8. The minimum atomic E-state index is -0.557. The van der Waals surface area contributed by atoms with Crippen molar-refractivity contribution in [3.63, 3.8) is 0 Å². The van der Waals surface area contributed by atoms with Gasteiger partial charge in [-0.3, -0.25) is 10.1 Å². The Morgan fingerprint density at radius 1 is 1.30 bits per heavy atom. The number of benzene rings is 2. The van der Waals surface area contributed by atoms with Crippen molar-refractivity contribution >= 4 is 39.7 Å². The van der Waals surface area contributed by atoms with Crippen LogP contribution in [0.1, 0.15) is 19.3 Å². The number of likely N-dealkylation sites (tertiary alicyclic amines) is 1. The van der Waals surface area contributed by atoms with Crippen LogP contribution in [0.2, 0.25) is 5.02 Å². The van der Waals surface area contributed by atoms with E-state index in [1.165, 1.54) is 24.5 Å². The second-order valence-electron chi connectivity index (χ2n) is 8.92. The Morgan fingerprint density at radius 3 is 2.82 bits per heavy atom. The van der Waals surface area contributed by atoms with Crippen LogP contribution < -0.4 is 10.1 Å². The number of aromatic nitrogens is 2. The lowest BCUT2D eigenvalue weighted by Crippen LogP contribution is -2.32. The maximum atomic E-state index is 13.5. The zero-order valence-electron chi connectivity index (χ0n) is 18.1. The van der Waals surface area contributed by atoms with E-state index in [1.807, 2.05) is 0 Å². The summed E-state index contributed by atoms with van der Waals surface area (Å²) in [7, 11) is 2.13. The van der Waals surface area contributed by atoms with Gasteiger partial charge >= 0.3 is 5.69 Å². The average molecular weight is 472 g/mol. The first kappa shape index (κ1) is 21.8. The number of rotatable bonds is 6. The Balaban J connectivity index is 1.44. The van der Waals surface area contributed by atoms with Gasteiger partial charge in [-0.2, -0.15) is 0 Å². The zero-order chi connectivity index (χ0) is 23.2. The minimum Gasteiger partial charge on any atom is -0.486 e. The largest absolute Gasteiger partial charge is 0.486 e. The number of fused-ring (bicyclic) bond motifs is 1. The topological polar surface area (TPSA) is 93.4 Å². The first-order valence-corrected chi connectivity index (χ1v) is 11.2. The van der Waals surface area contributed by atoms with Gasteiger partial charge in [0.2, 0.25) is 0 Å². The van der Waals surface area contributed by atoms with Crippen LogP contribution in [0.15, 0.2) is 36.7 Å². The molecule has 2 fully saturated rings. The van der Waals surface area contributed by atoms with E-state index < -0.39 is 10.7 Å². The lowest BCUT2D eigenvalue weighted by molar-refractivity contribution is -0.384. The molecule has 5 rings (SSSR count). The van der Waals surface area contributed by atoms with Gasteiger partial charge in [-0.05, 0) is 81.1 Å². The normalized spacial score (nSPS) is 19.5. The summed E-state index contributed by atoms with van der Waals surface area (Å²) in [5.41, 5.74) is 0.972. The molecule has 2 heterocycles. The van der Waals surface area contributed by atoms with E-state index in [-0.39, 0.29) is 27.7 Å². The van der Waals surface area contributed by atoms with Crippen LogP contribution in [-0.4, -0.2) is 46.5 Å². The highest BCUT2D eigenvalue weighted by molar-refractivity contribution is 6.31.